The lowest BCUT2D eigenvalue weighted by molar-refractivity contribution is -0.302. The molecule has 7 atom stereocenters. The number of nitrogens with one attached hydrogen (secondary N) is 1. The molecule has 1 rings (SSSR count). The number of aliphatic hydroxyl groups excluding tert-OH is 5. The number of unbranched alkanes of at least 4 members (excludes halogenated alkanes) is 10. The number of carbonyl (C=O) groups excluding carboxylic acids is 1. The third-order valence-electron chi connectivity index (χ3n) is 7.91. The fraction of sp³-hybridized carbons (Fsp3) is 0.750. The van der Waals surface area contributed by atoms with Gasteiger partial charge in [-0.05, 0) is 51.4 Å². The van der Waals surface area contributed by atoms with Crippen molar-refractivity contribution < 1.29 is 39.8 Å². The molecule has 9 heteroatoms. The summed E-state index contributed by atoms with van der Waals surface area (Å²) < 4.78 is 11.0. The molecule has 0 spiro atoms. The smallest absolute Gasteiger partial charge is 0.220 e. The van der Waals surface area contributed by atoms with Crippen molar-refractivity contribution in [3.05, 3.63) is 48.6 Å². The van der Waals surface area contributed by atoms with Gasteiger partial charge in [0.2, 0.25) is 5.91 Å². The topological polar surface area (TPSA) is 149 Å². The molecule has 1 aliphatic heterocycles. The second-order valence-corrected chi connectivity index (χ2v) is 11.9. The van der Waals surface area contributed by atoms with E-state index in [0.29, 0.717) is 6.42 Å². The number of hydrogen-bond donors (Lipinski definition) is 6. The summed E-state index contributed by atoms with van der Waals surface area (Å²) in [6.07, 6.45) is 24.8. The third kappa shape index (κ3) is 19.4. The van der Waals surface area contributed by atoms with Crippen molar-refractivity contribution in [2.75, 3.05) is 13.2 Å². The SMILES string of the molecule is CC/C=C\C/C=C\C/C=C\CCCCCCCCCC(=O)NC(COC1OC(CO)C(O)C(O)C1O)C(O)/C=C/CCCCC. The van der Waals surface area contributed by atoms with Gasteiger partial charge in [0.05, 0.1) is 25.4 Å². The molecule has 0 bridgehead atoms. The predicted molar refractivity (Wildman–Crippen MR) is 179 cm³/mol. The van der Waals surface area contributed by atoms with Crippen LogP contribution in [0, 0.1) is 0 Å². The molecule has 0 aromatic heterocycles. The highest BCUT2D eigenvalue weighted by Crippen LogP contribution is 2.22. The van der Waals surface area contributed by atoms with E-state index in [4.69, 9.17) is 9.47 Å². The number of ether oxygens (including phenoxy) is 2. The van der Waals surface area contributed by atoms with Crippen molar-refractivity contribution in [1.82, 2.24) is 5.32 Å². The molecule has 260 valence electrons. The molecule has 0 aromatic carbocycles. The summed E-state index contributed by atoms with van der Waals surface area (Å²) in [6, 6.07) is -0.805. The van der Waals surface area contributed by atoms with Crippen LogP contribution in [0.5, 0.6) is 0 Å². The van der Waals surface area contributed by atoms with Crippen molar-refractivity contribution in [2.24, 2.45) is 0 Å². The maximum atomic E-state index is 12.7. The van der Waals surface area contributed by atoms with Gasteiger partial charge >= 0.3 is 0 Å². The molecule has 1 aliphatic rings. The maximum absolute atomic E-state index is 12.7. The van der Waals surface area contributed by atoms with Crippen LogP contribution in [0.25, 0.3) is 0 Å². The third-order valence-corrected chi connectivity index (χ3v) is 7.91. The van der Waals surface area contributed by atoms with Crippen molar-refractivity contribution in [1.29, 1.82) is 0 Å². The standard InChI is InChI=1S/C36H63NO8/c1-3-5-7-9-10-11-12-13-14-15-16-17-18-19-20-22-24-26-32(40)37-29(30(39)25-23-21-8-6-4-2)28-44-36-35(43)34(42)33(41)31(27-38)45-36/h5,7,10-11,13-14,23,25,29-31,33-36,38-39,41-43H,3-4,6,8-9,12,15-22,24,26-28H2,1-2H3,(H,37,40)/b7-5-,11-10-,14-13-,25-23+. The highest BCUT2D eigenvalue weighted by atomic mass is 16.7. The van der Waals surface area contributed by atoms with E-state index in [1.807, 2.05) is 6.08 Å². The Labute approximate surface area is 272 Å². The molecular weight excluding hydrogens is 574 g/mol. The molecule has 9 nitrogen and oxygen atoms in total. The van der Waals surface area contributed by atoms with Gasteiger partial charge in [0, 0.05) is 6.42 Å². The van der Waals surface area contributed by atoms with E-state index < -0.39 is 49.5 Å². The molecule has 0 aliphatic carbocycles. The highest BCUT2D eigenvalue weighted by Gasteiger charge is 2.44. The molecule has 6 N–H and O–H groups in total. The van der Waals surface area contributed by atoms with Gasteiger partial charge in [-0.2, -0.15) is 0 Å². The van der Waals surface area contributed by atoms with E-state index in [0.717, 1.165) is 77.0 Å². The zero-order chi connectivity index (χ0) is 33.1. The van der Waals surface area contributed by atoms with Crippen LogP contribution in [0.1, 0.15) is 117 Å². The van der Waals surface area contributed by atoms with Crippen LogP contribution in [0.2, 0.25) is 0 Å². The van der Waals surface area contributed by atoms with Crippen LogP contribution < -0.4 is 5.32 Å². The molecule has 0 aromatic rings. The van der Waals surface area contributed by atoms with Gasteiger partial charge in [0.15, 0.2) is 6.29 Å². The summed E-state index contributed by atoms with van der Waals surface area (Å²) in [5.74, 6) is -0.199. The normalized spacial score (nSPS) is 23.9. The second-order valence-electron chi connectivity index (χ2n) is 11.9. The van der Waals surface area contributed by atoms with Gasteiger partial charge in [-0.3, -0.25) is 4.79 Å². The van der Waals surface area contributed by atoms with E-state index >= 15 is 0 Å². The minimum absolute atomic E-state index is 0.197. The van der Waals surface area contributed by atoms with Gasteiger partial charge in [-0.1, -0.05) is 107 Å². The second kappa shape index (κ2) is 27.3. The van der Waals surface area contributed by atoms with E-state index in [1.165, 1.54) is 19.3 Å². The summed E-state index contributed by atoms with van der Waals surface area (Å²) in [6.45, 7) is 3.50. The van der Waals surface area contributed by atoms with Gasteiger partial charge in [-0.25, -0.2) is 0 Å². The van der Waals surface area contributed by atoms with Gasteiger partial charge in [0.25, 0.3) is 0 Å². The lowest BCUT2D eigenvalue weighted by atomic mass is 9.99. The zero-order valence-corrected chi connectivity index (χ0v) is 27.8. The number of carbonyl (C=O) groups is 1. The Kier molecular flexibility index (Phi) is 25.0. The summed E-state index contributed by atoms with van der Waals surface area (Å²) in [5, 5.41) is 53.4. The first-order chi connectivity index (χ1) is 21.8. The lowest BCUT2D eigenvalue weighted by Gasteiger charge is -2.40. The zero-order valence-electron chi connectivity index (χ0n) is 27.8. The molecule has 7 unspecified atom stereocenters. The van der Waals surface area contributed by atoms with Crippen LogP contribution in [-0.4, -0.2) is 87.5 Å². The molecule has 1 saturated heterocycles. The number of allylic oxidation sites excluding steroid dienone is 7. The average molecular weight is 638 g/mol. The summed E-state index contributed by atoms with van der Waals surface area (Å²) >= 11 is 0. The first-order valence-corrected chi connectivity index (χ1v) is 17.4. The van der Waals surface area contributed by atoms with Crippen molar-refractivity contribution in [3.63, 3.8) is 0 Å². The van der Waals surface area contributed by atoms with Crippen LogP contribution in [0.4, 0.5) is 0 Å². The van der Waals surface area contributed by atoms with Crippen LogP contribution in [0.3, 0.4) is 0 Å². The number of hydrogen-bond acceptors (Lipinski definition) is 8. The number of rotatable bonds is 26. The monoisotopic (exact) mass is 637 g/mol. The van der Waals surface area contributed by atoms with Crippen molar-refractivity contribution >= 4 is 5.91 Å². The predicted octanol–water partition coefficient (Wildman–Crippen LogP) is 5.15. The fourth-order valence-electron chi connectivity index (χ4n) is 5.05. The molecule has 0 saturated carbocycles. The highest BCUT2D eigenvalue weighted by molar-refractivity contribution is 5.76. The van der Waals surface area contributed by atoms with Crippen LogP contribution in [-0.2, 0) is 14.3 Å². The molecule has 1 fully saturated rings. The van der Waals surface area contributed by atoms with Gasteiger partial charge < -0.3 is 40.3 Å². The molecular formula is C36H63NO8. The van der Waals surface area contributed by atoms with Crippen LogP contribution in [0.15, 0.2) is 48.6 Å². The van der Waals surface area contributed by atoms with Crippen molar-refractivity contribution in [3.8, 4) is 0 Å². The lowest BCUT2D eigenvalue weighted by Crippen LogP contribution is -2.60. The molecule has 0 radical (unpaired) electrons. The van der Waals surface area contributed by atoms with E-state index in [2.05, 4.69) is 55.6 Å². The van der Waals surface area contributed by atoms with E-state index in [-0.39, 0.29) is 12.5 Å². The summed E-state index contributed by atoms with van der Waals surface area (Å²) in [4.78, 5) is 12.7. The molecule has 45 heavy (non-hydrogen) atoms. The Hall–Kier alpha value is -1.85. The minimum atomic E-state index is -1.57. The number of amides is 1. The first-order valence-electron chi connectivity index (χ1n) is 17.4. The van der Waals surface area contributed by atoms with Gasteiger partial charge in [-0.15, -0.1) is 0 Å². The van der Waals surface area contributed by atoms with E-state index in [9.17, 15) is 30.3 Å². The Morgan fingerprint density at radius 3 is 2.04 bits per heavy atom. The summed E-state index contributed by atoms with van der Waals surface area (Å²) in [5.41, 5.74) is 0. The Morgan fingerprint density at radius 2 is 1.38 bits per heavy atom. The average Bonchev–Trinajstić information content (AvgIpc) is 3.03. The Balaban J connectivity index is 2.36. The quantitative estimate of drug-likeness (QED) is 0.0563. The summed E-state index contributed by atoms with van der Waals surface area (Å²) in [7, 11) is 0. The van der Waals surface area contributed by atoms with Gasteiger partial charge in [0.1, 0.15) is 24.4 Å². The van der Waals surface area contributed by atoms with E-state index in [1.54, 1.807) is 6.08 Å². The Bertz CT molecular complexity index is 843. The molecule has 1 heterocycles. The fourth-order valence-corrected chi connectivity index (χ4v) is 5.05. The first kappa shape index (κ1) is 41.2. The van der Waals surface area contributed by atoms with Crippen LogP contribution >= 0.6 is 0 Å². The Morgan fingerprint density at radius 1 is 0.778 bits per heavy atom. The van der Waals surface area contributed by atoms with Crippen molar-refractivity contribution in [2.45, 2.75) is 159 Å². The number of aliphatic hydroxyl groups is 5. The maximum Gasteiger partial charge on any atom is 0.220 e. The molecule has 1 amide bonds. The largest absolute Gasteiger partial charge is 0.394 e. The minimum Gasteiger partial charge on any atom is -0.394 e.